The van der Waals surface area contributed by atoms with E-state index in [1.807, 2.05) is 18.2 Å². The summed E-state index contributed by atoms with van der Waals surface area (Å²) in [6.07, 6.45) is 4.17. The van der Waals surface area contributed by atoms with E-state index in [2.05, 4.69) is 0 Å². The van der Waals surface area contributed by atoms with E-state index in [-0.39, 0.29) is 10.7 Å². The van der Waals surface area contributed by atoms with E-state index in [0.717, 1.165) is 5.39 Å². The Hall–Kier alpha value is -3.55. The summed E-state index contributed by atoms with van der Waals surface area (Å²) >= 11 is 12.5. The summed E-state index contributed by atoms with van der Waals surface area (Å²) in [6, 6.07) is 12.3. The van der Waals surface area contributed by atoms with Crippen LogP contribution in [0.4, 0.5) is 4.79 Å². The van der Waals surface area contributed by atoms with Gasteiger partial charge in [0.1, 0.15) is 16.3 Å². The van der Waals surface area contributed by atoms with E-state index in [1.54, 1.807) is 57.3 Å². The van der Waals surface area contributed by atoms with Gasteiger partial charge >= 0.3 is 6.09 Å². The van der Waals surface area contributed by atoms with Gasteiger partial charge in [-0.15, -0.1) is 0 Å². The van der Waals surface area contributed by atoms with Crippen molar-refractivity contribution in [2.75, 3.05) is 0 Å². The van der Waals surface area contributed by atoms with Crippen molar-refractivity contribution in [2.45, 2.75) is 26.4 Å². The molecule has 0 aliphatic rings. The molecule has 2 aromatic heterocycles. The zero-order valence-electron chi connectivity index (χ0n) is 20.5. The quantitative estimate of drug-likeness (QED) is 0.399. The van der Waals surface area contributed by atoms with Crippen LogP contribution in [-0.4, -0.2) is 25.4 Å². The SMILES string of the molecule is Cn1c(=O)/c(=C/c2cn(C(=O)OC(C)(C)C)c3ccccc23)n(C)c(=O)/c1=C/c1c(Cl)cccc1Cl. The third kappa shape index (κ3) is 4.76. The predicted octanol–water partition coefficient (Wildman–Crippen LogP) is 3.79. The molecule has 0 atom stereocenters. The van der Waals surface area contributed by atoms with E-state index in [9.17, 15) is 14.4 Å². The lowest BCUT2D eigenvalue weighted by Crippen LogP contribution is -2.56. The van der Waals surface area contributed by atoms with Crippen LogP contribution >= 0.6 is 23.2 Å². The highest BCUT2D eigenvalue weighted by atomic mass is 35.5. The fraction of sp³-hybridized carbons (Fsp3) is 0.222. The fourth-order valence-corrected chi connectivity index (χ4v) is 4.39. The minimum absolute atomic E-state index is 0.130. The van der Waals surface area contributed by atoms with E-state index < -0.39 is 22.8 Å². The van der Waals surface area contributed by atoms with Crippen molar-refractivity contribution >= 4 is 52.4 Å². The molecular weight excluding hydrogens is 501 g/mol. The first-order valence-corrected chi connectivity index (χ1v) is 11.9. The Morgan fingerprint density at radius 2 is 1.42 bits per heavy atom. The Balaban J connectivity index is 1.97. The number of hydrogen-bond donors (Lipinski definition) is 0. The molecule has 4 rings (SSSR count). The maximum Gasteiger partial charge on any atom is 0.419 e. The molecule has 0 fully saturated rings. The Morgan fingerprint density at radius 1 is 0.861 bits per heavy atom. The first kappa shape index (κ1) is 25.5. The number of hydrogen-bond acceptors (Lipinski definition) is 4. The minimum Gasteiger partial charge on any atom is -0.443 e. The molecule has 0 aliphatic heterocycles. The van der Waals surface area contributed by atoms with Crippen LogP contribution in [0.1, 0.15) is 31.9 Å². The molecule has 0 saturated carbocycles. The number of aromatic nitrogens is 3. The average Bonchev–Trinajstić information content (AvgIpc) is 3.17. The highest BCUT2D eigenvalue weighted by Crippen LogP contribution is 2.25. The molecule has 2 heterocycles. The van der Waals surface area contributed by atoms with Crippen molar-refractivity contribution in [3.05, 3.63) is 101 Å². The standard InChI is InChI=1S/C27H25Cl2N3O4/c1-27(2,3)36-26(35)32-15-16(17-9-6-7-12-21(17)32)13-22-24(33)31(5)23(25(34)30(22)4)14-18-19(28)10-8-11-20(18)29/h6-15H,1-5H3/b22-13-,23-14-. The molecule has 0 bridgehead atoms. The number of carbonyl (C=O) groups is 1. The van der Waals surface area contributed by atoms with Gasteiger partial charge in [0.25, 0.3) is 11.1 Å². The van der Waals surface area contributed by atoms with Crippen LogP contribution in [0.3, 0.4) is 0 Å². The number of para-hydroxylation sites is 1. The van der Waals surface area contributed by atoms with Gasteiger partial charge in [-0.2, -0.15) is 0 Å². The highest BCUT2D eigenvalue weighted by molar-refractivity contribution is 6.37. The number of halogens is 2. The molecular formula is C27H25Cl2N3O4. The number of ether oxygens (including phenoxy) is 1. The van der Waals surface area contributed by atoms with Crippen LogP contribution in [0.5, 0.6) is 0 Å². The summed E-state index contributed by atoms with van der Waals surface area (Å²) in [6.45, 7) is 5.37. The molecule has 0 spiro atoms. The number of rotatable bonds is 2. The largest absolute Gasteiger partial charge is 0.443 e. The Labute approximate surface area is 217 Å². The Kier molecular flexibility index (Phi) is 6.73. The van der Waals surface area contributed by atoms with Crippen LogP contribution in [0, 0.1) is 0 Å². The lowest BCUT2D eigenvalue weighted by molar-refractivity contribution is 0.0544. The van der Waals surface area contributed by atoms with Gasteiger partial charge in [0.2, 0.25) is 0 Å². The van der Waals surface area contributed by atoms with E-state index in [4.69, 9.17) is 27.9 Å². The number of fused-ring (bicyclic) bond motifs is 1. The number of nitrogens with zero attached hydrogens (tertiary/aromatic N) is 3. The first-order valence-electron chi connectivity index (χ1n) is 11.2. The summed E-state index contributed by atoms with van der Waals surface area (Å²) in [5.41, 5.74) is 0.178. The van der Waals surface area contributed by atoms with Gasteiger partial charge in [-0.3, -0.25) is 14.2 Å². The average molecular weight is 526 g/mol. The van der Waals surface area contributed by atoms with Crippen molar-refractivity contribution in [3.8, 4) is 0 Å². The summed E-state index contributed by atoms with van der Waals surface area (Å²) in [5.74, 6) is 0. The van der Waals surface area contributed by atoms with Gasteiger partial charge in [-0.25, -0.2) is 4.79 Å². The second kappa shape index (κ2) is 9.48. The summed E-state index contributed by atoms with van der Waals surface area (Å²) in [5, 5.41) is 1.74. The third-order valence-corrected chi connectivity index (χ3v) is 6.34. The summed E-state index contributed by atoms with van der Waals surface area (Å²) in [4.78, 5) is 39.5. The lowest BCUT2D eigenvalue weighted by atomic mass is 10.1. The molecule has 0 saturated heterocycles. The summed E-state index contributed by atoms with van der Waals surface area (Å²) < 4.78 is 9.48. The molecule has 2 aromatic carbocycles. The van der Waals surface area contributed by atoms with Gasteiger partial charge in [0.15, 0.2) is 0 Å². The van der Waals surface area contributed by atoms with Gasteiger partial charge in [-0.05, 0) is 51.1 Å². The maximum atomic E-state index is 13.4. The molecule has 186 valence electrons. The topological polar surface area (TPSA) is 75.2 Å². The molecule has 36 heavy (non-hydrogen) atoms. The fourth-order valence-electron chi connectivity index (χ4n) is 3.88. The van der Waals surface area contributed by atoms with Crippen LogP contribution in [0.15, 0.2) is 58.3 Å². The molecule has 7 nitrogen and oxygen atoms in total. The van der Waals surface area contributed by atoms with E-state index in [0.29, 0.717) is 26.7 Å². The first-order chi connectivity index (χ1) is 16.9. The second-order valence-corrected chi connectivity index (χ2v) is 10.2. The van der Waals surface area contributed by atoms with Gasteiger partial charge in [-0.1, -0.05) is 47.5 Å². The molecule has 0 aliphatic carbocycles. The van der Waals surface area contributed by atoms with Crippen molar-refractivity contribution in [1.82, 2.24) is 13.7 Å². The second-order valence-electron chi connectivity index (χ2n) is 9.37. The summed E-state index contributed by atoms with van der Waals surface area (Å²) in [7, 11) is 3.04. The molecule has 4 aromatic rings. The van der Waals surface area contributed by atoms with Gasteiger partial charge in [0.05, 0.1) is 5.52 Å². The van der Waals surface area contributed by atoms with Crippen molar-refractivity contribution in [2.24, 2.45) is 14.1 Å². The van der Waals surface area contributed by atoms with Crippen LogP contribution in [0.2, 0.25) is 10.0 Å². The minimum atomic E-state index is -0.678. The number of carbonyl (C=O) groups excluding carboxylic acids is 1. The van der Waals surface area contributed by atoms with Crippen LogP contribution in [0.25, 0.3) is 23.1 Å². The monoisotopic (exact) mass is 525 g/mol. The van der Waals surface area contributed by atoms with Crippen LogP contribution < -0.4 is 21.8 Å². The normalized spacial score (nSPS) is 13.0. The van der Waals surface area contributed by atoms with Gasteiger partial charge < -0.3 is 13.9 Å². The van der Waals surface area contributed by atoms with E-state index >= 15 is 0 Å². The molecule has 0 amide bonds. The molecule has 0 unspecified atom stereocenters. The Bertz CT molecular complexity index is 1740. The molecule has 0 N–H and O–H groups in total. The Morgan fingerprint density at radius 3 is 2.00 bits per heavy atom. The number of benzene rings is 2. The lowest BCUT2D eigenvalue weighted by Gasteiger charge is -2.19. The zero-order valence-corrected chi connectivity index (χ0v) is 22.0. The highest BCUT2D eigenvalue weighted by Gasteiger charge is 2.20. The van der Waals surface area contributed by atoms with E-state index in [1.165, 1.54) is 33.9 Å². The van der Waals surface area contributed by atoms with Crippen LogP contribution in [-0.2, 0) is 18.8 Å². The molecule has 9 heteroatoms. The predicted molar refractivity (Wildman–Crippen MR) is 143 cm³/mol. The van der Waals surface area contributed by atoms with Crippen molar-refractivity contribution in [1.29, 1.82) is 0 Å². The van der Waals surface area contributed by atoms with Crippen molar-refractivity contribution < 1.29 is 9.53 Å². The molecule has 0 radical (unpaired) electrons. The van der Waals surface area contributed by atoms with Crippen molar-refractivity contribution in [3.63, 3.8) is 0 Å². The smallest absolute Gasteiger partial charge is 0.419 e. The zero-order chi connectivity index (χ0) is 26.4. The third-order valence-electron chi connectivity index (χ3n) is 5.68. The van der Waals surface area contributed by atoms with Gasteiger partial charge in [0, 0.05) is 46.9 Å². The maximum absolute atomic E-state index is 13.4.